The summed E-state index contributed by atoms with van der Waals surface area (Å²) in [6.45, 7) is 7.04. The van der Waals surface area contributed by atoms with Crippen LogP contribution in [0.15, 0.2) is 45.4 Å². The molecule has 3 rings (SSSR count). The molecule has 0 unspecified atom stereocenters. The number of aromatic nitrogens is 2. The third-order valence-corrected chi connectivity index (χ3v) is 7.51. The fourth-order valence-electron chi connectivity index (χ4n) is 4.01. The number of carbonyl (C=O) groups is 3. The molecule has 0 spiro atoms. The molecule has 2 aromatic heterocycles. The SMILES string of the molecule is CC[C@H](C)[C@@H](NC(=O)c1nc(-c2coc(C(CBr)(OC)OC)n2)oc1-c1ccccc1)C(=O)N[C@H](C(=O)O)C(C)C. The number of halogens is 1. The molecule has 0 aliphatic heterocycles. The quantitative estimate of drug-likeness (QED) is 0.173. The van der Waals surface area contributed by atoms with Crippen molar-refractivity contribution in [3.8, 4) is 22.9 Å². The average molecular weight is 636 g/mol. The Morgan fingerprint density at radius 3 is 2.24 bits per heavy atom. The van der Waals surface area contributed by atoms with Crippen LogP contribution < -0.4 is 10.6 Å². The monoisotopic (exact) mass is 634 g/mol. The number of nitrogens with one attached hydrogen (secondary N) is 2. The maximum atomic E-state index is 13.7. The third kappa shape index (κ3) is 7.03. The van der Waals surface area contributed by atoms with Gasteiger partial charge in [0, 0.05) is 19.8 Å². The summed E-state index contributed by atoms with van der Waals surface area (Å²) < 4.78 is 22.5. The molecule has 222 valence electrons. The lowest BCUT2D eigenvalue weighted by atomic mass is 9.96. The average Bonchev–Trinajstić information content (AvgIpc) is 3.64. The zero-order valence-corrected chi connectivity index (χ0v) is 25.4. The minimum absolute atomic E-state index is 0.00466. The number of oxazole rings is 2. The van der Waals surface area contributed by atoms with E-state index in [1.54, 1.807) is 45.0 Å². The van der Waals surface area contributed by atoms with Crippen LogP contribution in [0.5, 0.6) is 0 Å². The minimum atomic E-state index is -1.30. The number of hydrogen-bond acceptors (Lipinski definition) is 9. The fourth-order valence-corrected chi connectivity index (χ4v) is 4.71. The molecular formula is C28H35BrN4O8. The lowest BCUT2D eigenvalue weighted by Crippen LogP contribution is -2.55. The molecule has 2 heterocycles. The highest BCUT2D eigenvalue weighted by atomic mass is 79.9. The van der Waals surface area contributed by atoms with Crippen molar-refractivity contribution in [2.24, 2.45) is 11.8 Å². The first-order chi connectivity index (χ1) is 19.5. The second-order valence-electron chi connectivity index (χ2n) is 9.80. The molecule has 0 fully saturated rings. The number of carboxylic acid groups (broad SMARTS) is 1. The first-order valence-corrected chi connectivity index (χ1v) is 14.2. The van der Waals surface area contributed by atoms with Crippen LogP contribution in [-0.4, -0.2) is 64.5 Å². The maximum absolute atomic E-state index is 13.7. The van der Waals surface area contributed by atoms with Gasteiger partial charge in [-0.2, -0.15) is 0 Å². The van der Waals surface area contributed by atoms with Gasteiger partial charge in [-0.1, -0.05) is 80.4 Å². The summed E-state index contributed by atoms with van der Waals surface area (Å²) >= 11 is 3.34. The Balaban J connectivity index is 2.01. The Kier molecular flexibility index (Phi) is 10.8. The van der Waals surface area contributed by atoms with Gasteiger partial charge in [0.1, 0.15) is 18.3 Å². The molecule has 0 saturated carbocycles. The number of methoxy groups -OCH3 is 2. The number of hydrogen-bond donors (Lipinski definition) is 3. The summed E-state index contributed by atoms with van der Waals surface area (Å²) in [6.07, 6.45) is 1.85. The van der Waals surface area contributed by atoms with Gasteiger partial charge in [-0.25, -0.2) is 14.8 Å². The number of amides is 2. The molecule has 0 aliphatic rings. The fraction of sp³-hybridized carbons (Fsp3) is 0.464. The Morgan fingerprint density at radius 1 is 1.05 bits per heavy atom. The first kappa shape index (κ1) is 32.0. The Morgan fingerprint density at radius 2 is 1.71 bits per heavy atom. The molecule has 2 amide bonds. The van der Waals surface area contributed by atoms with Crippen molar-refractivity contribution in [3.05, 3.63) is 48.2 Å². The summed E-state index contributed by atoms with van der Waals surface area (Å²) in [5.74, 6) is -4.16. The summed E-state index contributed by atoms with van der Waals surface area (Å²) in [6, 6.07) is 6.73. The lowest BCUT2D eigenvalue weighted by Gasteiger charge is -2.26. The topological polar surface area (TPSA) is 166 Å². The molecule has 12 nitrogen and oxygen atoms in total. The van der Waals surface area contributed by atoms with Crippen LogP contribution >= 0.6 is 15.9 Å². The van der Waals surface area contributed by atoms with E-state index in [1.807, 2.05) is 13.0 Å². The standard InChI is InChI=1S/C28H35BrN4O8/c1-7-16(4)20(23(34)31-19(15(2)3)26(36)37)32-24(35)21-22(17-11-9-8-10-12-17)41-25(33-21)18-13-40-27(30-18)28(14-29,38-5)39-6/h8-13,15-16,19-20H,7,14H2,1-6H3,(H,31,34)(H,32,35)(H,36,37)/t16-,19-,20+/m0/s1. The summed E-state index contributed by atoms with van der Waals surface area (Å²) in [5.41, 5.74) is 0.674. The molecule has 3 atom stereocenters. The van der Waals surface area contributed by atoms with E-state index in [1.165, 1.54) is 20.5 Å². The van der Waals surface area contributed by atoms with Crippen molar-refractivity contribution >= 4 is 33.7 Å². The van der Waals surface area contributed by atoms with Gasteiger partial charge < -0.3 is 34.0 Å². The van der Waals surface area contributed by atoms with E-state index < -0.39 is 35.7 Å². The van der Waals surface area contributed by atoms with Crippen LogP contribution in [0.25, 0.3) is 22.9 Å². The predicted molar refractivity (Wildman–Crippen MR) is 152 cm³/mol. The molecule has 1 aromatic carbocycles. The molecule has 0 saturated heterocycles. The molecule has 3 N–H and O–H groups in total. The van der Waals surface area contributed by atoms with E-state index in [-0.39, 0.29) is 46.1 Å². The summed E-state index contributed by atoms with van der Waals surface area (Å²) in [4.78, 5) is 47.4. The van der Waals surface area contributed by atoms with Gasteiger partial charge in [-0.15, -0.1) is 0 Å². The second kappa shape index (κ2) is 13.9. The molecule has 3 aromatic rings. The normalized spacial score (nSPS) is 14.0. The summed E-state index contributed by atoms with van der Waals surface area (Å²) in [7, 11) is 2.89. The van der Waals surface area contributed by atoms with Crippen LogP contribution in [0.2, 0.25) is 0 Å². The van der Waals surface area contributed by atoms with Crippen molar-refractivity contribution in [1.82, 2.24) is 20.6 Å². The smallest absolute Gasteiger partial charge is 0.326 e. The van der Waals surface area contributed by atoms with E-state index in [4.69, 9.17) is 18.3 Å². The molecule has 0 aliphatic carbocycles. The van der Waals surface area contributed by atoms with Crippen LogP contribution in [0, 0.1) is 11.8 Å². The Hall–Kier alpha value is -3.55. The van der Waals surface area contributed by atoms with Gasteiger partial charge in [0.25, 0.3) is 17.6 Å². The maximum Gasteiger partial charge on any atom is 0.326 e. The lowest BCUT2D eigenvalue weighted by molar-refractivity contribution is -0.211. The van der Waals surface area contributed by atoms with Gasteiger partial charge in [0.15, 0.2) is 17.1 Å². The van der Waals surface area contributed by atoms with Gasteiger partial charge in [0.05, 0.1) is 5.33 Å². The third-order valence-electron chi connectivity index (χ3n) is 6.78. The summed E-state index contributed by atoms with van der Waals surface area (Å²) in [5, 5.41) is 15.1. The molecule has 41 heavy (non-hydrogen) atoms. The number of carbonyl (C=O) groups excluding carboxylic acids is 2. The molecular weight excluding hydrogens is 600 g/mol. The highest BCUT2D eigenvalue weighted by Crippen LogP contribution is 2.33. The van der Waals surface area contributed by atoms with Crippen LogP contribution in [0.1, 0.15) is 50.5 Å². The zero-order valence-electron chi connectivity index (χ0n) is 23.8. The number of ether oxygens (including phenoxy) is 2. The highest BCUT2D eigenvalue weighted by Gasteiger charge is 2.38. The molecule has 13 heteroatoms. The van der Waals surface area contributed by atoms with Gasteiger partial charge in [-0.05, 0) is 11.8 Å². The number of aliphatic carboxylic acids is 1. The van der Waals surface area contributed by atoms with E-state index in [2.05, 4.69) is 36.5 Å². The number of benzene rings is 1. The van der Waals surface area contributed by atoms with Crippen LogP contribution in [0.4, 0.5) is 0 Å². The number of carboxylic acids is 1. The first-order valence-electron chi connectivity index (χ1n) is 13.0. The Labute approximate surface area is 246 Å². The number of rotatable bonds is 14. The van der Waals surface area contributed by atoms with Gasteiger partial charge in [-0.3, -0.25) is 9.59 Å². The predicted octanol–water partition coefficient (Wildman–Crippen LogP) is 4.21. The highest BCUT2D eigenvalue weighted by molar-refractivity contribution is 9.09. The van der Waals surface area contributed by atoms with Gasteiger partial charge >= 0.3 is 5.97 Å². The van der Waals surface area contributed by atoms with E-state index in [0.29, 0.717) is 12.0 Å². The van der Waals surface area contributed by atoms with Gasteiger partial charge in [0.2, 0.25) is 11.8 Å². The molecule has 0 bridgehead atoms. The minimum Gasteiger partial charge on any atom is -0.480 e. The van der Waals surface area contributed by atoms with E-state index in [0.717, 1.165) is 0 Å². The Bertz CT molecular complexity index is 1330. The zero-order chi connectivity index (χ0) is 30.3. The van der Waals surface area contributed by atoms with Crippen molar-refractivity contribution in [3.63, 3.8) is 0 Å². The van der Waals surface area contributed by atoms with Crippen molar-refractivity contribution < 1.29 is 37.8 Å². The van der Waals surface area contributed by atoms with Crippen molar-refractivity contribution in [2.75, 3.05) is 19.5 Å². The number of nitrogens with zero attached hydrogens (tertiary/aromatic N) is 2. The van der Waals surface area contributed by atoms with Crippen LogP contribution in [-0.2, 0) is 24.8 Å². The van der Waals surface area contributed by atoms with Crippen LogP contribution in [0.3, 0.4) is 0 Å². The molecule has 0 radical (unpaired) electrons. The largest absolute Gasteiger partial charge is 0.480 e. The number of alkyl halides is 1. The van der Waals surface area contributed by atoms with Crippen molar-refractivity contribution in [1.29, 1.82) is 0 Å². The van der Waals surface area contributed by atoms with E-state index in [9.17, 15) is 19.5 Å². The second-order valence-corrected chi connectivity index (χ2v) is 10.4. The van der Waals surface area contributed by atoms with E-state index >= 15 is 0 Å². The van der Waals surface area contributed by atoms with Crippen molar-refractivity contribution in [2.45, 2.75) is 52.0 Å².